The Hall–Kier alpha value is -4.10. The molecular formula is C58H63SiZr. The van der Waals surface area contributed by atoms with Crippen LogP contribution in [0.5, 0.6) is 0 Å². The Morgan fingerprint density at radius 1 is 0.417 bits per heavy atom. The summed E-state index contributed by atoms with van der Waals surface area (Å²) in [5.74, 6) is 2.37. The molecule has 0 fully saturated rings. The number of benzene rings is 6. The quantitative estimate of drug-likeness (QED) is 0.101. The number of hydrogen-bond acceptors (Lipinski definition) is 0. The van der Waals surface area contributed by atoms with Crippen LogP contribution in [0.15, 0.2) is 139 Å². The summed E-state index contributed by atoms with van der Waals surface area (Å²) >= 11 is -2.92. The van der Waals surface area contributed by atoms with Crippen molar-refractivity contribution in [3.05, 3.63) is 172 Å². The van der Waals surface area contributed by atoms with Crippen LogP contribution in [0.2, 0.25) is 0 Å². The van der Waals surface area contributed by atoms with Crippen LogP contribution in [-0.2, 0) is 34.6 Å². The molecule has 0 spiro atoms. The molecule has 0 nitrogen and oxygen atoms in total. The van der Waals surface area contributed by atoms with Gasteiger partial charge in [0.05, 0.1) is 0 Å². The van der Waals surface area contributed by atoms with Gasteiger partial charge in [0.1, 0.15) is 0 Å². The van der Waals surface area contributed by atoms with Gasteiger partial charge in [-0.3, -0.25) is 0 Å². The van der Waals surface area contributed by atoms with Crippen molar-refractivity contribution in [2.45, 2.75) is 88.3 Å². The molecular weight excluding hydrogens is 816 g/mol. The topological polar surface area (TPSA) is 0 Å². The van der Waals surface area contributed by atoms with E-state index in [1.54, 1.807) is 41.5 Å². The molecule has 303 valence electrons. The van der Waals surface area contributed by atoms with Crippen LogP contribution >= 0.6 is 0 Å². The van der Waals surface area contributed by atoms with Gasteiger partial charge in [-0.15, -0.1) is 0 Å². The fourth-order valence-corrected chi connectivity index (χ4v) is 25.0. The molecule has 2 heteroatoms. The summed E-state index contributed by atoms with van der Waals surface area (Å²) in [5, 5.41) is 3.39. The molecule has 3 aliphatic rings. The van der Waals surface area contributed by atoms with Gasteiger partial charge in [0, 0.05) is 0 Å². The van der Waals surface area contributed by atoms with Crippen LogP contribution < -0.4 is 13.6 Å². The van der Waals surface area contributed by atoms with Gasteiger partial charge in [-0.25, -0.2) is 0 Å². The summed E-state index contributed by atoms with van der Waals surface area (Å²) in [6.45, 7) is 19.2. The van der Waals surface area contributed by atoms with Crippen molar-refractivity contribution >= 4 is 35.3 Å². The van der Waals surface area contributed by atoms with Gasteiger partial charge in [-0.05, 0) is 0 Å². The van der Waals surface area contributed by atoms with Crippen LogP contribution in [0.4, 0.5) is 0 Å². The summed E-state index contributed by atoms with van der Waals surface area (Å²) in [5.41, 5.74) is 21.4. The summed E-state index contributed by atoms with van der Waals surface area (Å²) < 4.78 is 2.73. The zero-order valence-corrected chi connectivity index (χ0v) is 41.2. The predicted molar refractivity (Wildman–Crippen MR) is 261 cm³/mol. The van der Waals surface area contributed by atoms with Crippen molar-refractivity contribution in [1.82, 2.24) is 0 Å². The van der Waals surface area contributed by atoms with Gasteiger partial charge in [-0.2, -0.15) is 0 Å². The fraction of sp³-hybridized carbons (Fsp3) is 0.310. The fourth-order valence-electron chi connectivity index (χ4n) is 11.1. The Bertz CT molecular complexity index is 2480. The molecule has 60 heavy (non-hydrogen) atoms. The van der Waals surface area contributed by atoms with E-state index in [0.29, 0.717) is 30.9 Å². The summed E-state index contributed by atoms with van der Waals surface area (Å²) in [6.07, 6.45) is 9.93. The van der Waals surface area contributed by atoms with E-state index in [-0.39, 0.29) is 0 Å². The molecule has 2 aliphatic carbocycles. The van der Waals surface area contributed by atoms with E-state index in [1.165, 1.54) is 50.1 Å². The van der Waals surface area contributed by atoms with Crippen molar-refractivity contribution in [2.75, 3.05) is 0 Å². The zero-order valence-electron chi connectivity index (χ0n) is 37.3. The van der Waals surface area contributed by atoms with E-state index in [1.807, 2.05) is 0 Å². The monoisotopic (exact) mass is 877 g/mol. The second kappa shape index (κ2) is 17.3. The van der Waals surface area contributed by atoms with E-state index in [9.17, 15) is 0 Å². The van der Waals surface area contributed by atoms with Crippen molar-refractivity contribution < 1.29 is 21.8 Å². The van der Waals surface area contributed by atoms with E-state index >= 15 is 0 Å². The molecule has 0 saturated heterocycles. The van der Waals surface area contributed by atoms with E-state index in [0.717, 1.165) is 25.7 Å². The van der Waals surface area contributed by atoms with Crippen molar-refractivity contribution in [2.24, 2.45) is 23.7 Å². The first-order valence-corrected chi connectivity index (χ1v) is 28.5. The molecule has 0 radical (unpaired) electrons. The van der Waals surface area contributed by atoms with Crippen molar-refractivity contribution in [3.63, 3.8) is 0 Å². The van der Waals surface area contributed by atoms with E-state index in [4.69, 9.17) is 0 Å². The first kappa shape index (κ1) is 41.3. The summed E-state index contributed by atoms with van der Waals surface area (Å²) in [6, 6.07) is 50.4. The van der Waals surface area contributed by atoms with Crippen LogP contribution in [0.25, 0.3) is 45.5 Å². The van der Waals surface area contributed by atoms with Crippen LogP contribution in [-0.4, -0.2) is 9.52 Å². The molecule has 2 unspecified atom stereocenters. The predicted octanol–water partition coefficient (Wildman–Crippen LogP) is 13.1. The molecule has 6 aromatic rings. The van der Waals surface area contributed by atoms with Gasteiger partial charge >= 0.3 is 374 Å². The van der Waals surface area contributed by atoms with Crippen LogP contribution in [0.3, 0.4) is 0 Å². The number of fused-ring (bicyclic) bond motifs is 5. The number of allylic oxidation sites excluding steroid dienone is 2. The second-order valence-electron chi connectivity index (χ2n) is 19.7. The Labute approximate surface area is 371 Å². The number of hydrogen-bond donors (Lipinski definition) is 0. The standard InChI is InChI=1S/2C23H27.C12H9Si.Zr/c2*1-16(2)12-18-14-20-9-7-11-22(23(20)15-18)21-10-6-5-8-19(21)13-17(3)4;1-3-7-11-9(5-1)10-6-2-4-8-12(10)13-11;/h2*5-11,14-17H,12-13H2,1-4H3;1-7H,13H2;. The Balaban J connectivity index is 1.31. The molecule has 1 heterocycles. The van der Waals surface area contributed by atoms with Gasteiger partial charge in [0.2, 0.25) is 0 Å². The van der Waals surface area contributed by atoms with E-state index < -0.39 is 31.3 Å². The Morgan fingerprint density at radius 2 is 0.833 bits per heavy atom. The molecule has 2 atom stereocenters. The Kier molecular flexibility index (Phi) is 11.9. The molecule has 9 rings (SSSR count). The molecule has 0 amide bonds. The second-order valence-corrected chi connectivity index (χ2v) is 28.0. The first-order chi connectivity index (χ1) is 29.1. The third-order valence-electron chi connectivity index (χ3n) is 13.2. The third kappa shape index (κ3) is 7.82. The third-order valence-corrected chi connectivity index (χ3v) is 25.3. The average molecular weight is 879 g/mol. The minimum atomic E-state index is -2.92. The zero-order chi connectivity index (χ0) is 41.7. The molecule has 0 aromatic heterocycles. The molecule has 0 N–H and O–H groups in total. The van der Waals surface area contributed by atoms with Crippen molar-refractivity contribution in [1.29, 1.82) is 0 Å². The Morgan fingerprint density at radius 3 is 1.33 bits per heavy atom. The minimum absolute atomic E-state index is 0.467. The molecule has 0 saturated carbocycles. The maximum atomic E-state index is 2.72. The van der Waals surface area contributed by atoms with Gasteiger partial charge < -0.3 is 0 Å². The van der Waals surface area contributed by atoms with Crippen LogP contribution in [0.1, 0.15) is 109 Å². The van der Waals surface area contributed by atoms with Gasteiger partial charge in [-0.1, -0.05) is 0 Å². The van der Waals surface area contributed by atoms with Crippen LogP contribution in [0, 0.1) is 23.7 Å². The summed E-state index contributed by atoms with van der Waals surface area (Å²) in [4.78, 5) is 0. The SMILES string of the molecule is CC(C)CC1=Cc2c(-c3ccccc3CC(C)C)cccc2[CH]1[Zr]([c]1cccc2c1[SiH2]c1ccccc1-2)[CH]1C(CC(C)C)=Cc2c(-c3ccccc3CC(C)C)cccc21. The molecule has 1 aliphatic heterocycles. The van der Waals surface area contributed by atoms with Gasteiger partial charge in [0.15, 0.2) is 0 Å². The molecule has 6 aromatic carbocycles. The first-order valence-electron chi connectivity index (χ1n) is 23.0. The average Bonchev–Trinajstić information content (AvgIpc) is 3.89. The summed E-state index contributed by atoms with van der Waals surface area (Å²) in [7, 11) is -0.636. The van der Waals surface area contributed by atoms with Crippen molar-refractivity contribution in [3.8, 4) is 33.4 Å². The molecule has 0 bridgehead atoms. The van der Waals surface area contributed by atoms with Gasteiger partial charge in [0.25, 0.3) is 0 Å². The van der Waals surface area contributed by atoms with E-state index in [2.05, 4.69) is 195 Å². The normalized spacial score (nSPS) is 16.7. The number of rotatable bonds is 13. The maximum absolute atomic E-state index is 2.92.